The number of nitriles is 1. The van der Waals surface area contributed by atoms with Gasteiger partial charge in [-0.2, -0.15) is 5.26 Å². The Kier molecular flexibility index (Phi) is 8.10. The van der Waals surface area contributed by atoms with Crippen LogP contribution in [0.15, 0.2) is 62.9 Å². The van der Waals surface area contributed by atoms with Gasteiger partial charge < -0.3 is 15.2 Å². The van der Waals surface area contributed by atoms with Crippen molar-refractivity contribution in [1.82, 2.24) is 19.9 Å². The number of aromatic nitrogens is 2. The van der Waals surface area contributed by atoms with Crippen LogP contribution in [-0.2, 0) is 19.4 Å². The van der Waals surface area contributed by atoms with E-state index in [1.165, 1.54) is 16.7 Å². The fourth-order valence-corrected chi connectivity index (χ4v) is 6.95. The molecule has 0 amide bonds. The first-order valence-corrected chi connectivity index (χ1v) is 14.1. The first-order valence-electron chi connectivity index (χ1n) is 12.1. The number of hydroxylamine groups is 2. The van der Waals surface area contributed by atoms with Gasteiger partial charge in [-0.1, -0.05) is 33.6 Å². The van der Waals surface area contributed by atoms with E-state index in [0.717, 1.165) is 50.9 Å². The monoisotopic (exact) mass is 641 g/mol. The first-order chi connectivity index (χ1) is 17.9. The number of fused-ring (bicyclic) bond motifs is 2. The van der Waals surface area contributed by atoms with Crippen LogP contribution >= 0.6 is 43.5 Å². The molecule has 0 radical (unpaired) electrons. The molecule has 0 saturated carbocycles. The van der Waals surface area contributed by atoms with Crippen LogP contribution in [-0.4, -0.2) is 39.0 Å². The molecule has 1 aromatic carbocycles. The summed E-state index contributed by atoms with van der Waals surface area (Å²) in [5.74, 6) is 0.561. The summed E-state index contributed by atoms with van der Waals surface area (Å²) in [5.41, 5.74) is 5.74. The van der Waals surface area contributed by atoms with E-state index < -0.39 is 0 Å². The minimum atomic E-state index is 0.101. The van der Waals surface area contributed by atoms with Gasteiger partial charge in [0.15, 0.2) is 12.2 Å². The van der Waals surface area contributed by atoms with E-state index in [4.69, 9.17) is 16.6 Å². The van der Waals surface area contributed by atoms with Crippen LogP contribution in [0, 0.1) is 22.6 Å². The molecule has 0 bridgehead atoms. The lowest BCUT2D eigenvalue weighted by molar-refractivity contribution is 0.235. The highest BCUT2D eigenvalue weighted by Gasteiger charge is 2.36. The molecule has 0 N–H and O–H groups in total. The van der Waals surface area contributed by atoms with Crippen molar-refractivity contribution in [3.8, 4) is 6.19 Å². The summed E-state index contributed by atoms with van der Waals surface area (Å²) in [6, 6.07) is 9.96. The molecule has 37 heavy (non-hydrogen) atoms. The fraction of sp³-hybridized carbons (Fsp3) is 0.333. The topological polar surface area (TPSA) is 91.5 Å². The normalized spacial score (nSPS) is 18.0. The number of benzene rings is 1. The molecule has 1 aliphatic carbocycles. The third-order valence-corrected chi connectivity index (χ3v) is 8.42. The minimum Gasteiger partial charge on any atom is -0.743 e. The summed E-state index contributed by atoms with van der Waals surface area (Å²) < 4.78 is 1.98. The van der Waals surface area contributed by atoms with Gasteiger partial charge in [-0.25, -0.2) is 4.99 Å². The van der Waals surface area contributed by atoms with E-state index in [2.05, 4.69) is 54.0 Å². The Morgan fingerprint density at radius 3 is 2.70 bits per heavy atom. The van der Waals surface area contributed by atoms with E-state index in [1.54, 1.807) is 18.6 Å². The maximum atomic E-state index is 12.4. The maximum Gasteiger partial charge on any atom is 0.199 e. The molecular weight excluding hydrogens is 620 g/mol. The average Bonchev–Trinajstić information content (AvgIpc) is 3.06. The van der Waals surface area contributed by atoms with E-state index in [0.29, 0.717) is 30.6 Å². The number of guanidine groups is 1. The molecule has 3 heterocycles. The Labute approximate surface area is 238 Å². The SMILES string of the molecule is N#CN([O-])C(=NCc1cccnc1)N1CCC(C2c3ncc(Br)cc3CCc3cc(Cl)cc(Br)c32)CC1. The first kappa shape index (κ1) is 26.1. The molecule has 1 aliphatic heterocycles. The molecular formula is C27H24Br2ClN6O-. The minimum absolute atomic E-state index is 0.101. The second-order valence-electron chi connectivity index (χ2n) is 9.33. The van der Waals surface area contributed by atoms with Gasteiger partial charge in [0.2, 0.25) is 0 Å². The summed E-state index contributed by atoms with van der Waals surface area (Å²) in [4.78, 5) is 15.4. The third-order valence-electron chi connectivity index (χ3n) is 7.11. The van der Waals surface area contributed by atoms with Gasteiger partial charge in [-0.05, 0) is 94.1 Å². The smallest absolute Gasteiger partial charge is 0.199 e. The van der Waals surface area contributed by atoms with Crippen LogP contribution in [0.4, 0.5) is 0 Å². The third kappa shape index (κ3) is 5.68. The number of nitrogens with zero attached hydrogens (tertiary/aromatic N) is 6. The van der Waals surface area contributed by atoms with Crippen molar-refractivity contribution < 1.29 is 0 Å². The van der Waals surface area contributed by atoms with Crippen LogP contribution in [0.1, 0.15) is 46.7 Å². The molecule has 190 valence electrons. The van der Waals surface area contributed by atoms with Crippen LogP contribution < -0.4 is 0 Å². The molecule has 1 unspecified atom stereocenters. The Bertz CT molecular complexity index is 1350. The zero-order valence-corrected chi connectivity index (χ0v) is 23.9. The summed E-state index contributed by atoms with van der Waals surface area (Å²) >= 11 is 13.8. The van der Waals surface area contributed by atoms with Crippen molar-refractivity contribution >= 4 is 49.4 Å². The molecule has 5 rings (SSSR count). The zero-order valence-electron chi connectivity index (χ0n) is 19.9. The quantitative estimate of drug-likeness (QED) is 0.107. The number of aliphatic imine (C=N–C) groups is 1. The molecule has 2 aromatic heterocycles. The number of piperidine rings is 1. The van der Waals surface area contributed by atoms with Crippen molar-refractivity contribution in [1.29, 1.82) is 5.26 Å². The second-order valence-corrected chi connectivity index (χ2v) is 11.5. The average molecular weight is 644 g/mol. The van der Waals surface area contributed by atoms with Crippen molar-refractivity contribution in [2.75, 3.05) is 13.1 Å². The highest BCUT2D eigenvalue weighted by molar-refractivity contribution is 9.10. The maximum absolute atomic E-state index is 12.4. The van der Waals surface area contributed by atoms with E-state index in [1.807, 2.05) is 29.3 Å². The van der Waals surface area contributed by atoms with Gasteiger partial charge in [-0.15, -0.1) is 0 Å². The number of aryl methyl sites for hydroxylation is 2. The van der Waals surface area contributed by atoms with E-state index >= 15 is 0 Å². The highest BCUT2D eigenvalue weighted by Crippen LogP contribution is 2.46. The van der Waals surface area contributed by atoms with Crippen molar-refractivity contribution in [3.05, 3.63) is 96.0 Å². The summed E-state index contributed by atoms with van der Waals surface area (Å²) in [6.07, 6.45) is 10.4. The standard InChI is InChI=1S/C27H24Br2ClN6O/c28-21-10-20-4-3-19-11-22(30)12-23(29)24(19)25(26(20)33-15-21)18-5-8-35(9-6-18)27(36(37)16-31)34-14-17-2-1-7-32-13-17/h1-2,7,10-13,15,18,25H,3-6,8-9,14H2/q-1. The number of rotatable bonds is 3. The van der Waals surface area contributed by atoms with Crippen molar-refractivity contribution in [2.45, 2.75) is 38.1 Å². The number of hydrogen-bond donors (Lipinski definition) is 0. The molecule has 7 nitrogen and oxygen atoms in total. The van der Waals surface area contributed by atoms with Gasteiger partial charge in [0, 0.05) is 51.6 Å². The van der Waals surface area contributed by atoms with Gasteiger partial charge in [-0.3, -0.25) is 9.97 Å². The zero-order chi connectivity index (χ0) is 25.9. The molecule has 10 heteroatoms. The number of halogens is 3. The lowest BCUT2D eigenvalue weighted by Crippen LogP contribution is -2.45. The van der Waals surface area contributed by atoms with E-state index in [9.17, 15) is 10.5 Å². The molecule has 1 atom stereocenters. The summed E-state index contributed by atoms with van der Waals surface area (Å²) in [6.45, 7) is 1.54. The van der Waals surface area contributed by atoms with Gasteiger partial charge in [0.05, 0.1) is 12.2 Å². The predicted octanol–water partition coefficient (Wildman–Crippen LogP) is 6.43. The molecule has 0 spiro atoms. The highest BCUT2D eigenvalue weighted by atomic mass is 79.9. The van der Waals surface area contributed by atoms with Gasteiger partial charge >= 0.3 is 0 Å². The number of pyridine rings is 2. The van der Waals surface area contributed by atoms with Crippen molar-refractivity contribution in [2.24, 2.45) is 10.9 Å². The second kappa shape index (κ2) is 11.5. The van der Waals surface area contributed by atoms with Crippen LogP contribution in [0.2, 0.25) is 5.02 Å². The predicted molar refractivity (Wildman–Crippen MR) is 151 cm³/mol. The van der Waals surface area contributed by atoms with E-state index in [-0.39, 0.29) is 11.9 Å². The lowest BCUT2D eigenvalue weighted by atomic mass is 9.76. The summed E-state index contributed by atoms with van der Waals surface area (Å²) in [5, 5.41) is 22.8. The lowest BCUT2D eigenvalue weighted by Gasteiger charge is -2.40. The Hall–Kier alpha value is -2.51. The fourth-order valence-electron chi connectivity index (χ4n) is 5.45. The molecule has 3 aromatic rings. The number of hydrogen-bond acceptors (Lipinski definition) is 5. The molecule has 2 aliphatic rings. The van der Waals surface area contributed by atoms with Gasteiger partial charge in [0.25, 0.3) is 0 Å². The Morgan fingerprint density at radius 1 is 1.19 bits per heavy atom. The molecule has 1 fully saturated rings. The van der Waals surface area contributed by atoms with Crippen molar-refractivity contribution in [3.63, 3.8) is 0 Å². The number of likely N-dealkylation sites (tertiary alicyclic amines) is 1. The van der Waals surface area contributed by atoms with Crippen LogP contribution in [0.25, 0.3) is 0 Å². The Morgan fingerprint density at radius 2 is 1.97 bits per heavy atom. The summed E-state index contributed by atoms with van der Waals surface area (Å²) in [7, 11) is 0. The molecule has 1 saturated heterocycles. The van der Waals surface area contributed by atoms with Crippen LogP contribution in [0.5, 0.6) is 0 Å². The Balaban J connectivity index is 1.43. The largest absolute Gasteiger partial charge is 0.743 e. The van der Waals surface area contributed by atoms with Gasteiger partial charge in [0.1, 0.15) is 0 Å². The van der Waals surface area contributed by atoms with Crippen LogP contribution in [0.3, 0.4) is 0 Å².